The number of anilines is 2. The first kappa shape index (κ1) is 19.7. The molecule has 156 valence electrons. The zero-order valence-electron chi connectivity index (χ0n) is 15.6. The van der Waals surface area contributed by atoms with Gasteiger partial charge in [0.25, 0.3) is 0 Å². The van der Waals surface area contributed by atoms with E-state index in [1.165, 1.54) is 0 Å². The fourth-order valence-electron chi connectivity index (χ4n) is 3.41. The van der Waals surface area contributed by atoms with Gasteiger partial charge in [-0.15, -0.1) is 0 Å². The molecule has 3 aromatic rings. The van der Waals surface area contributed by atoms with Crippen LogP contribution in [0, 0.1) is 17.5 Å². The third-order valence-electron chi connectivity index (χ3n) is 5.26. The molecule has 1 aliphatic rings. The van der Waals surface area contributed by atoms with Crippen molar-refractivity contribution in [2.24, 2.45) is 5.73 Å². The molecule has 2 unspecified atom stereocenters. The molecule has 30 heavy (non-hydrogen) atoms. The number of aromatic nitrogens is 2. The molecule has 0 bridgehead atoms. The maximum atomic E-state index is 14.8. The van der Waals surface area contributed by atoms with Crippen LogP contribution < -0.4 is 21.8 Å². The molecule has 4 rings (SSSR count). The quantitative estimate of drug-likeness (QED) is 0.551. The second kappa shape index (κ2) is 6.73. The molecule has 0 aliphatic carbocycles. The number of rotatable bonds is 3. The molecule has 3 heterocycles. The van der Waals surface area contributed by atoms with Gasteiger partial charge in [0.2, 0.25) is 5.43 Å². The lowest BCUT2D eigenvalue weighted by Gasteiger charge is -2.45. The van der Waals surface area contributed by atoms with Gasteiger partial charge in [-0.05, 0) is 19.1 Å². The Hall–Kier alpha value is -3.60. The Balaban J connectivity index is 2.07. The number of fused-ring (bicyclic) bond motifs is 1. The molecule has 8 nitrogen and oxygen atoms in total. The monoisotopic (exact) mass is 419 g/mol. The largest absolute Gasteiger partial charge is 0.477 e. The van der Waals surface area contributed by atoms with Gasteiger partial charge in [-0.25, -0.2) is 22.9 Å². The summed E-state index contributed by atoms with van der Waals surface area (Å²) in [7, 11) is 0. The Morgan fingerprint density at radius 1 is 1.20 bits per heavy atom. The molecule has 1 fully saturated rings. The topological polar surface area (TPSA) is 127 Å². The van der Waals surface area contributed by atoms with Gasteiger partial charge in [-0.1, -0.05) is 0 Å². The van der Waals surface area contributed by atoms with Crippen LogP contribution in [-0.2, 0) is 0 Å². The van der Waals surface area contributed by atoms with Crippen molar-refractivity contribution in [3.8, 4) is 5.69 Å². The predicted molar refractivity (Wildman–Crippen MR) is 103 cm³/mol. The van der Waals surface area contributed by atoms with E-state index in [9.17, 15) is 27.9 Å². The Bertz CT molecular complexity index is 1280. The zero-order chi connectivity index (χ0) is 21.9. The van der Waals surface area contributed by atoms with Crippen LogP contribution in [0.4, 0.5) is 24.7 Å². The first-order valence-corrected chi connectivity index (χ1v) is 8.86. The SMILES string of the molecule is CC1C(N)CN1c1nc2c(cc1F)c(=O)c(C(=O)O)cn2-c1cc(N)c(F)cc1F. The predicted octanol–water partition coefficient (Wildman–Crippen LogP) is 1.62. The van der Waals surface area contributed by atoms with Gasteiger partial charge in [0.1, 0.15) is 17.2 Å². The minimum Gasteiger partial charge on any atom is -0.477 e. The van der Waals surface area contributed by atoms with Crippen molar-refractivity contribution in [3.63, 3.8) is 0 Å². The van der Waals surface area contributed by atoms with Crippen LogP contribution in [0.1, 0.15) is 17.3 Å². The van der Waals surface area contributed by atoms with Gasteiger partial charge < -0.3 is 21.5 Å². The van der Waals surface area contributed by atoms with E-state index in [0.717, 1.165) is 22.9 Å². The summed E-state index contributed by atoms with van der Waals surface area (Å²) < 4.78 is 43.8. The summed E-state index contributed by atoms with van der Waals surface area (Å²) in [5, 5.41) is 8.98. The molecule has 2 atom stereocenters. The lowest BCUT2D eigenvalue weighted by molar-refractivity contribution is 0.0695. The van der Waals surface area contributed by atoms with Gasteiger partial charge in [0.15, 0.2) is 17.3 Å². The van der Waals surface area contributed by atoms with Crippen LogP contribution in [0.3, 0.4) is 0 Å². The third-order valence-corrected chi connectivity index (χ3v) is 5.26. The van der Waals surface area contributed by atoms with Crippen LogP contribution in [0.2, 0.25) is 0 Å². The van der Waals surface area contributed by atoms with Crippen molar-refractivity contribution in [1.29, 1.82) is 0 Å². The van der Waals surface area contributed by atoms with Crippen LogP contribution in [0.25, 0.3) is 16.7 Å². The number of carboxylic acid groups (broad SMARTS) is 1. The summed E-state index contributed by atoms with van der Waals surface area (Å²) in [6.07, 6.45) is 0.850. The second-order valence-corrected chi connectivity index (χ2v) is 7.09. The highest BCUT2D eigenvalue weighted by Crippen LogP contribution is 2.30. The molecule has 1 saturated heterocycles. The first-order valence-electron chi connectivity index (χ1n) is 8.86. The summed E-state index contributed by atoms with van der Waals surface area (Å²) in [6.45, 7) is 2.08. The van der Waals surface area contributed by atoms with Crippen molar-refractivity contribution in [3.05, 3.63) is 57.6 Å². The first-order chi connectivity index (χ1) is 14.1. The van der Waals surface area contributed by atoms with Crippen LogP contribution in [0.15, 0.2) is 29.2 Å². The Labute approximate surface area is 167 Å². The van der Waals surface area contributed by atoms with E-state index in [2.05, 4.69) is 4.98 Å². The van der Waals surface area contributed by atoms with Crippen LogP contribution >= 0.6 is 0 Å². The van der Waals surface area contributed by atoms with E-state index in [-0.39, 0.29) is 34.6 Å². The van der Waals surface area contributed by atoms with E-state index < -0.39 is 40.1 Å². The number of hydrogen-bond donors (Lipinski definition) is 3. The van der Waals surface area contributed by atoms with Crippen molar-refractivity contribution in [2.75, 3.05) is 17.2 Å². The van der Waals surface area contributed by atoms with Crippen molar-refractivity contribution < 1.29 is 23.1 Å². The number of nitrogen functional groups attached to an aromatic ring is 1. The Morgan fingerprint density at radius 3 is 2.50 bits per heavy atom. The molecular formula is C19H16F3N5O3. The average Bonchev–Trinajstić information content (AvgIpc) is 2.69. The van der Waals surface area contributed by atoms with E-state index in [1.807, 2.05) is 0 Å². The summed E-state index contributed by atoms with van der Waals surface area (Å²) in [5.41, 5.74) is 8.69. The molecule has 1 aliphatic heterocycles. The molecule has 0 saturated carbocycles. The highest BCUT2D eigenvalue weighted by Gasteiger charge is 2.35. The number of pyridine rings is 2. The normalized spacial score (nSPS) is 18.5. The summed E-state index contributed by atoms with van der Waals surface area (Å²) in [4.78, 5) is 29.8. The van der Waals surface area contributed by atoms with Crippen molar-refractivity contribution >= 4 is 28.5 Å². The van der Waals surface area contributed by atoms with Gasteiger partial charge in [-0.2, -0.15) is 0 Å². The Kier molecular flexibility index (Phi) is 4.42. The van der Waals surface area contributed by atoms with Crippen molar-refractivity contribution in [2.45, 2.75) is 19.0 Å². The van der Waals surface area contributed by atoms with E-state index in [0.29, 0.717) is 12.6 Å². The van der Waals surface area contributed by atoms with Crippen LogP contribution in [0.5, 0.6) is 0 Å². The molecule has 0 amide bonds. The number of benzene rings is 1. The number of nitrogens with zero attached hydrogens (tertiary/aromatic N) is 3. The maximum Gasteiger partial charge on any atom is 0.341 e. The minimum absolute atomic E-state index is 0.122. The number of carbonyl (C=O) groups is 1. The number of nitrogens with two attached hydrogens (primary N) is 2. The lowest BCUT2D eigenvalue weighted by atomic mass is 9.99. The summed E-state index contributed by atoms with van der Waals surface area (Å²) in [5.74, 6) is -4.66. The number of hydrogen-bond acceptors (Lipinski definition) is 6. The van der Waals surface area contributed by atoms with Gasteiger partial charge in [-0.3, -0.25) is 9.36 Å². The maximum absolute atomic E-state index is 14.8. The van der Waals surface area contributed by atoms with Gasteiger partial charge in [0, 0.05) is 30.9 Å². The highest BCUT2D eigenvalue weighted by molar-refractivity contribution is 5.92. The molecule has 5 N–H and O–H groups in total. The summed E-state index contributed by atoms with van der Waals surface area (Å²) in [6, 6.07) is 1.88. The molecule has 11 heteroatoms. The highest BCUT2D eigenvalue weighted by atomic mass is 19.1. The van der Waals surface area contributed by atoms with E-state index in [1.54, 1.807) is 11.8 Å². The minimum atomic E-state index is -1.60. The Morgan fingerprint density at radius 2 is 1.90 bits per heavy atom. The van der Waals surface area contributed by atoms with E-state index >= 15 is 0 Å². The smallest absolute Gasteiger partial charge is 0.341 e. The molecule has 2 aromatic heterocycles. The number of carboxylic acids is 1. The zero-order valence-corrected chi connectivity index (χ0v) is 15.6. The third kappa shape index (κ3) is 2.86. The standard InChI is InChI=1S/C19H16F3N5O3/c1-7-14(24)6-26(7)18-12(22)2-8-16(28)9(19(29)30)5-27(17(8)25-18)15-4-13(23)10(20)3-11(15)21/h2-5,7,14H,6,23-24H2,1H3,(H,29,30). The number of halogens is 3. The van der Waals surface area contributed by atoms with Crippen LogP contribution in [-0.4, -0.2) is 39.3 Å². The molecule has 1 aromatic carbocycles. The van der Waals surface area contributed by atoms with E-state index in [4.69, 9.17) is 11.5 Å². The second-order valence-electron chi connectivity index (χ2n) is 7.09. The summed E-state index contributed by atoms with van der Waals surface area (Å²) >= 11 is 0. The average molecular weight is 419 g/mol. The molecular weight excluding hydrogens is 403 g/mol. The molecule has 0 radical (unpaired) electrons. The number of aromatic carboxylic acids is 1. The lowest BCUT2D eigenvalue weighted by Crippen LogP contribution is -2.63. The molecule has 0 spiro atoms. The van der Waals surface area contributed by atoms with Crippen molar-refractivity contribution in [1.82, 2.24) is 9.55 Å². The van der Waals surface area contributed by atoms with Gasteiger partial charge >= 0.3 is 5.97 Å². The fourth-order valence-corrected chi connectivity index (χ4v) is 3.41. The van der Waals surface area contributed by atoms with Gasteiger partial charge in [0.05, 0.1) is 16.8 Å². The fraction of sp³-hybridized carbons (Fsp3) is 0.211.